The van der Waals surface area contributed by atoms with E-state index in [1.54, 1.807) is 24.3 Å². The van der Waals surface area contributed by atoms with Crippen LogP contribution in [0.25, 0.3) is 10.9 Å². The van der Waals surface area contributed by atoms with Crippen LogP contribution in [0, 0.1) is 6.92 Å². The SMILES string of the molecule is COc1cc2nccc(OS(=O)(=O)c3ccc(C)cc3)c2cc1OC. The van der Waals surface area contributed by atoms with Crippen molar-refractivity contribution in [1.82, 2.24) is 4.98 Å². The number of aryl methyl sites for hydroxylation is 1. The lowest BCUT2D eigenvalue weighted by atomic mass is 10.2. The normalized spacial score (nSPS) is 11.3. The smallest absolute Gasteiger partial charge is 0.339 e. The fourth-order valence-electron chi connectivity index (χ4n) is 2.39. The third-order valence-electron chi connectivity index (χ3n) is 3.72. The minimum absolute atomic E-state index is 0.0866. The average molecular weight is 359 g/mol. The molecule has 0 aliphatic rings. The highest BCUT2D eigenvalue weighted by Crippen LogP contribution is 2.36. The van der Waals surface area contributed by atoms with Crippen molar-refractivity contribution >= 4 is 21.0 Å². The maximum absolute atomic E-state index is 12.5. The Balaban J connectivity index is 2.08. The van der Waals surface area contributed by atoms with Gasteiger partial charge in [-0.1, -0.05) is 17.7 Å². The van der Waals surface area contributed by atoms with E-state index in [0.717, 1.165) is 5.56 Å². The van der Waals surface area contributed by atoms with E-state index >= 15 is 0 Å². The molecule has 1 heterocycles. The molecule has 0 saturated heterocycles. The maximum atomic E-state index is 12.5. The van der Waals surface area contributed by atoms with Gasteiger partial charge in [-0.2, -0.15) is 8.42 Å². The van der Waals surface area contributed by atoms with Gasteiger partial charge in [0.1, 0.15) is 4.90 Å². The van der Waals surface area contributed by atoms with E-state index in [4.69, 9.17) is 13.7 Å². The Kier molecular flexibility index (Phi) is 4.50. The summed E-state index contributed by atoms with van der Waals surface area (Å²) in [5, 5.41) is 0.510. The second kappa shape index (κ2) is 6.60. The van der Waals surface area contributed by atoms with Crippen LogP contribution in [0.4, 0.5) is 0 Å². The van der Waals surface area contributed by atoms with Gasteiger partial charge in [-0.3, -0.25) is 4.98 Å². The maximum Gasteiger partial charge on any atom is 0.339 e. The van der Waals surface area contributed by atoms with Crippen LogP contribution < -0.4 is 13.7 Å². The van der Waals surface area contributed by atoms with Gasteiger partial charge in [-0.15, -0.1) is 0 Å². The monoisotopic (exact) mass is 359 g/mol. The molecule has 25 heavy (non-hydrogen) atoms. The van der Waals surface area contributed by atoms with Crippen LogP contribution in [0.5, 0.6) is 17.2 Å². The Labute approximate surface area is 146 Å². The summed E-state index contributed by atoms with van der Waals surface area (Å²) in [5.41, 5.74) is 1.50. The highest BCUT2D eigenvalue weighted by molar-refractivity contribution is 7.87. The van der Waals surface area contributed by atoms with Gasteiger partial charge in [0, 0.05) is 23.7 Å². The lowest BCUT2D eigenvalue weighted by Crippen LogP contribution is -2.10. The van der Waals surface area contributed by atoms with Crippen LogP contribution in [-0.4, -0.2) is 27.6 Å². The van der Waals surface area contributed by atoms with Crippen LogP contribution in [0.1, 0.15) is 5.56 Å². The van der Waals surface area contributed by atoms with Crippen molar-refractivity contribution in [2.45, 2.75) is 11.8 Å². The van der Waals surface area contributed by atoms with Gasteiger partial charge < -0.3 is 13.7 Å². The zero-order valence-corrected chi connectivity index (χ0v) is 14.8. The Morgan fingerprint density at radius 2 is 1.52 bits per heavy atom. The largest absolute Gasteiger partial charge is 0.493 e. The van der Waals surface area contributed by atoms with Crippen molar-refractivity contribution in [2.24, 2.45) is 0 Å². The number of ether oxygens (including phenoxy) is 2. The predicted octanol–water partition coefficient (Wildman–Crippen LogP) is 3.33. The molecule has 1 aromatic heterocycles. The van der Waals surface area contributed by atoms with Crippen molar-refractivity contribution < 1.29 is 22.1 Å². The Morgan fingerprint density at radius 1 is 0.880 bits per heavy atom. The molecule has 0 N–H and O–H groups in total. The third-order valence-corrected chi connectivity index (χ3v) is 4.96. The molecule has 6 nitrogen and oxygen atoms in total. The molecule has 0 spiro atoms. The molecule has 0 bridgehead atoms. The molecule has 0 fully saturated rings. The van der Waals surface area contributed by atoms with Crippen molar-refractivity contribution in [3.8, 4) is 17.2 Å². The fourth-order valence-corrected chi connectivity index (χ4v) is 3.34. The molecule has 7 heteroatoms. The first-order valence-corrected chi connectivity index (χ1v) is 8.87. The molecular weight excluding hydrogens is 342 g/mol. The topological polar surface area (TPSA) is 74.7 Å². The van der Waals surface area contributed by atoms with Crippen molar-refractivity contribution in [3.05, 3.63) is 54.2 Å². The third kappa shape index (κ3) is 3.36. The zero-order chi connectivity index (χ0) is 18.0. The van der Waals surface area contributed by atoms with E-state index in [1.807, 2.05) is 6.92 Å². The summed E-state index contributed by atoms with van der Waals surface area (Å²) in [6, 6.07) is 11.3. The van der Waals surface area contributed by atoms with Crippen LogP contribution in [0.2, 0.25) is 0 Å². The van der Waals surface area contributed by atoms with E-state index in [1.165, 1.54) is 38.6 Å². The number of pyridine rings is 1. The van der Waals surface area contributed by atoms with E-state index in [2.05, 4.69) is 4.98 Å². The number of hydrogen-bond donors (Lipinski definition) is 0. The van der Waals surface area contributed by atoms with Crippen molar-refractivity contribution in [1.29, 1.82) is 0 Å². The highest BCUT2D eigenvalue weighted by atomic mass is 32.2. The van der Waals surface area contributed by atoms with Crippen molar-refractivity contribution in [2.75, 3.05) is 14.2 Å². The number of hydrogen-bond acceptors (Lipinski definition) is 6. The molecule has 3 rings (SSSR count). The highest BCUT2D eigenvalue weighted by Gasteiger charge is 2.19. The van der Waals surface area contributed by atoms with Crippen LogP contribution in [0.3, 0.4) is 0 Å². The quantitative estimate of drug-likeness (QED) is 0.651. The number of benzene rings is 2. The molecule has 0 unspecified atom stereocenters. The predicted molar refractivity (Wildman–Crippen MR) is 93.8 cm³/mol. The molecule has 0 saturated carbocycles. The van der Waals surface area contributed by atoms with Gasteiger partial charge >= 0.3 is 10.1 Å². The Morgan fingerprint density at radius 3 is 2.16 bits per heavy atom. The van der Waals surface area contributed by atoms with E-state index in [9.17, 15) is 8.42 Å². The molecule has 130 valence electrons. The summed E-state index contributed by atoms with van der Waals surface area (Å²) in [4.78, 5) is 4.32. The number of rotatable bonds is 5. The molecule has 0 radical (unpaired) electrons. The minimum atomic E-state index is -3.96. The fraction of sp³-hybridized carbons (Fsp3) is 0.167. The Hall–Kier alpha value is -2.80. The number of nitrogens with zero attached hydrogens (tertiary/aromatic N) is 1. The molecule has 0 amide bonds. The second-order valence-corrected chi connectivity index (χ2v) is 6.93. The molecule has 0 atom stereocenters. The van der Waals surface area contributed by atoms with Gasteiger partial charge in [0.15, 0.2) is 17.2 Å². The van der Waals surface area contributed by atoms with Gasteiger partial charge in [0.05, 0.1) is 19.7 Å². The summed E-state index contributed by atoms with van der Waals surface area (Å²) < 4.78 is 40.9. The average Bonchev–Trinajstić information content (AvgIpc) is 2.61. The lowest BCUT2D eigenvalue weighted by molar-refractivity contribution is 0.355. The minimum Gasteiger partial charge on any atom is -0.493 e. The summed E-state index contributed by atoms with van der Waals surface area (Å²) in [6.45, 7) is 1.88. The summed E-state index contributed by atoms with van der Waals surface area (Å²) in [7, 11) is -0.933. The first kappa shape index (κ1) is 17.0. The van der Waals surface area contributed by atoms with E-state index in [-0.39, 0.29) is 10.6 Å². The number of aromatic nitrogens is 1. The van der Waals surface area contributed by atoms with Crippen LogP contribution in [-0.2, 0) is 10.1 Å². The molecule has 0 aliphatic carbocycles. The first-order valence-electron chi connectivity index (χ1n) is 7.46. The van der Waals surface area contributed by atoms with Gasteiger partial charge in [-0.05, 0) is 25.1 Å². The van der Waals surface area contributed by atoms with Crippen LogP contribution in [0.15, 0.2) is 53.6 Å². The Bertz CT molecular complexity index is 1010. The number of fused-ring (bicyclic) bond motifs is 1. The zero-order valence-electron chi connectivity index (χ0n) is 14.0. The van der Waals surface area contributed by atoms with Crippen molar-refractivity contribution in [3.63, 3.8) is 0 Å². The molecule has 0 aliphatic heterocycles. The summed E-state index contributed by atoms with van der Waals surface area (Å²) >= 11 is 0. The van der Waals surface area contributed by atoms with Gasteiger partial charge in [0.25, 0.3) is 0 Å². The van der Waals surface area contributed by atoms with Gasteiger partial charge in [-0.25, -0.2) is 0 Å². The number of methoxy groups -OCH3 is 2. The molecule has 2 aromatic carbocycles. The standard InChI is InChI=1S/C18H17NO5S/c1-12-4-6-13(7-5-12)25(20,21)24-16-8-9-19-15-11-18(23-3)17(22-2)10-14(15)16/h4-11H,1-3H3. The lowest BCUT2D eigenvalue weighted by Gasteiger charge is -2.12. The molecule has 3 aromatic rings. The van der Waals surface area contributed by atoms with Crippen LogP contribution >= 0.6 is 0 Å². The first-order chi connectivity index (χ1) is 11.9. The molecular formula is C18H17NO5S. The second-order valence-electron chi connectivity index (χ2n) is 5.38. The van der Waals surface area contributed by atoms with Gasteiger partial charge in [0.2, 0.25) is 0 Å². The van der Waals surface area contributed by atoms with E-state index < -0.39 is 10.1 Å². The summed E-state index contributed by atoms with van der Waals surface area (Å²) in [5.74, 6) is 1.13. The van der Waals surface area contributed by atoms with E-state index in [0.29, 0.717) is 22.4 Å². The summed E-state index contributed by atoms with van der Waals surface area (Å²) in [6.07, 6.45) is 1.48.